The van der Waals surface area contributed by atoms with E-state index in [-0.39, 0.29) is 6.61 Å². The van der Waals surface area contributed by atoms with Gasteiger partial charge in [-0.1, -0.05) is 0 Å². The number of benzene rings is 1. The van der Waals surface area contributed by atoms with Crippen LogP contribution in [0.25, 0.3) is 0 Å². The fourth-order valence-electron chi connectivity index (χ4n) is 1.17. The molecule has 0 unspecified atom stereocenters. The number of hydrazone groups is 1. The lowest BCUT2D eigenvalue weighted by atomic mass is 10.2. The largest absolute Gasteiger partial charge is 0.492 e. The van der Waals surface area contributed by atoms with E-state index in [1.807, 2.05) is 19.1 Å². The number of hydrogen-bond donors (Lipinski definition) is 2. The highest BCUT2D eigenvalue weighted by molar-refractivity contribution is 9.11. The molecular formula is C11H14Br2N2O2. The van der Waals surface area contributed by atoms with Crippen molar-refractivity contribution >= 4 is 38.1 Å². The van der Waals surface area contributed by atoms with Gasteiger partial charge in [0.05, 0.1) is 34.9 Å². The molecule has 1 rings (SSSR count). The summed E-state index contributed by atoms with van der Waals surface area (Å²) < 4.78 is 7.22. The zero-order valence-corrected chi connectivity index (χ0v) is 12.6. The van der Waals surface area contributed by atoms with Gasteiger partial charge in [0.2, 0.25) is 0 Å². The van der Waals surface area contributed by atoms with E-state index in [9.17, 15) is 0 Å². The number of hydrogen-bond acceptors (Lipinski definition) is 4. The van der Waals surface area contributed by atoms with Gasteiger partial charge >= 0.3 is 0 Å². The molecule has 1 aromatic carbocycles. The first-order valence-electron chi connectivity index (χ1n) is 5.17. The van der Waals surface area contributed by atoms with Crippen LogP contribution in [0.5, 0.6) is 5.75 Å². The van der Waals surface area contributed by atoms with E-state index >= 15 is 0 Å². The highest BCUT2D eigenvalue weighted by Crippen LogP contribution is 2.34. The molecule has 0 radical (unpaired) electrons. The second-order valence-electron chi connectivity index (χ2n) is 3.14. The van der Waals surface area contributed by atoms with Gasteiger partial charge < -0.3 is 15.3 Å². The maximum absolute atomic E-state index is 8.58. The third-order valence-electron chi connectivity index (χ3n) is 1.84. The zero-order valence-electron chi connectivity index (χ0n) is 9.41. The van der Waals surface area contributed by atoms with Gasteiger partial charge in [-0.15, -0.1) is 0 Å². The number of aliphatic hydroxyl groups excluding tert-OH is 1. The monoisotopic (exact) mass is 364 g/mol. The van der Waals surface area contributed by atoms with Crippen LogP contribution in [0, 0.1) is 0 Å². The molecule has 6 heteroatoms. The Bertz CT molecular complexity index is 374. The number of nitrogens with one attached hydrogen (secondary N) is 1. The van der Waals surface area contributed by atoms with Crippen molar-refractivity contribution in [3.63, 3.8) is 0 Å². The minimum atomic E-state index is 0.0635. The highest BCUT2D eigenvalue weighted by atomic mass is 79.9. The lowest BCUT2D eigenvalue weighted by molar-refractivity contribution is 0.294. The fraction of sp³-hybridized carbons (Fsp3) is 0.364. The normalized spacial score (nSPS) is 10.8. The van der Waals surface area contributed by atoms with Crippen molar-refractivity contribution < 1.29 is 9.84 Å². The number of aliphatic hydroxyl groups is 1. The van der Waals surface area contributed by atoms with Crippen LogP contribution in [0.1, 0.15) is 12.5 Å². The van der Waals surface area contributed by atoms with Crippen molar-refractivity contribution in [2.45, 2.75) is 6.92 Å². The summed E-state index contributed by atoms with van der Waals surface area (Å²) in [5.74, 6) is 0.785. The van der Waals surface area contributed by atoms with E-state index in [0.717, 1.165) is 20.3 Å². The molecule has 94 valence electrons. The number of halogens is 2. The highest BCUT2D eigenvalue weighted by Gasteiger charge is 2.07. The SMILES string of the molecule is CCOc1c(Br)cc(/C=N/NCCO)cc1Br. The predicted octanol–water partition coefficient (Wildman–Crippen LogP) is 2.53. The Morgan fingerprint density at radius 3 is 2.59 bits per heavy atom. The Morgan fingerprint density at radius 2 is 2.06 bits per heavy atom. The summed E-state index contributed by atoms with van der Waals surface area (Å²) in [6.07, 6.45) is 1.68. The van der Waals surface area contributed by atoms with Gasteiger partial charge in [-0.2, -0.15) is 5.10 Å². The number of rotatable bonds is 6. The van der Waals surface area contributed by atoms with Crippen LogP contribution >= 0.6 is 31.9 Å². The predicted molar refractivity (Wildman–Crippen MR) is 75.7 cm³/mol. The van der Waals surface area contributed by atoms with Crippen LogP contribution in [-0.2, 0) is 0 Å². The molecule has 0 saturated heterocycles. The second-order valence-corrected chi connectivity index (χ2v) is 4.85. The molecule has 17 heavy (non-hydrogen) atoms. The molecule has 0 amide bonds. The molecule has 0 saturated carbocycles. The molecule has 0 bridgehead atoms. The van der Waals surface area contributed by atoms with Crippen molar-refractivity contribution in [3.8, 4) is 5.75 Å². The molecular weight excluding hydrogens is 352 g/mol. The van der Waals surface area contributed by atoms with Gasteiger partial charge in [-0.25, -0.2) is 0 Å². The first kappa shape index (κ1) is 14.5. The van der Waals surface area contributed by atoms with E-state index in [1.54, 1.807) is 6.21 Å². The minimum absolute atomic E-state index is 0.0635. The molecule has 0 aromatic heterocycles. The Labute approximate surface area is 117 Å². The maximum atomic E-state index is 8.58. The van der Waals surface area contributed by atoms with Crippen molar-refractivity contribution in [1.82, 2.24) is 5.43 Å². The van der Waals surface area contributed by atoms with E-state index in [0.29, 0.717) is 13.2 Å². The Hall–Kier alpha value is -0.590. The average Bonchev–Trinajstić information content (AvgIpc) is 2.29. The summed E-state index contributed by atoms with van der Waals surface area (Å²) in [6.45, 7) is 3.06. The van der Waals surface area contributed by atoms with Crippen molar-refractivity contribution in [1.29, 1.82) is 0 Å². The van der Waals surface area contributed by atoms with Crippen LogP contribution in [0.3, 0.4) is 0 Å². The van der Waals surface area contributed by atoms with Gasteiger partial charge in [-0.3, -0.25) is 0 Å². The lowest BCUT2D eigenvalue weighted by Gasteiger charge is -2.09. The zero-order chi connectivity index (χ0) is 12.7. The molecule has 0 spiro atoms. The molecule has 4 nitrogen and oxygen atoms in total. The van der Waals surface area contributed by atoms with Crippen molar-refractivity contribution in [3.05, 3.63) is 26.6 Å². The summed E-state index contributed by atoms with van der Waals surface area (Å²) in [5.41, 5.74) is 3.65. The van der Waals surface area contributed by atoms with Crippen LogP contribution < -0.4 is 10.2 Å². The number of nitrogens with zero attached hydrogens (tertiary/aromatic N) is 1. The molecule has 0 atom stereocenters. The second kappa shape index (κ2) is 7.68. The summed E-state index contributed by atoms with van der Waals surface area (Å²) in [4.78, 5) is 0. The Kier molecular flexibility index (Phi) is 6.54. The fourth-order valence-corrected chi connectivity index (χ4v) is 2.62. The molecule has 0 aliphatic carbocycles. The van der Waals surface area contributed by atoms with Crippen molar-refractivity contribution in [2.24, 2.45) is 5.10 Å². The summed E-state index contributed by atoms with van der Waals surface area (Å²) in [6, 6.07) is 3.83. The summed E-state index contributed by atoms with van der Waals surface area (Å²) in [5, 5.41) is 12.6. The first-order chi connectivity index (χ1) is 8.19. The van der Waals surface area contributed by atoms with Crippen molar-refractivity contribution in [2.75, 3.05) is 19.8 Å². The van der Waals surface area contributed by atoms with E-state index < -0.39 is 0 Å². The smallest absolute Gasteiger partial charge is 0.147 e. The minimum Gasteiger partial charge on any atom is -0.492 e. The van der Waals surface area contributed by atoms with E-state index in [2.05, 4.69) is 42.4 Å². The topological polar surface area (TPSA) is 53.8 Å². The quantitative estimate of drug-likeness (QED) is 0.462. The summed E-state index contributed by atoms with van der Waals surface area (Å²) in [7, 11) is 0. The van der Waals surface area contributed by atoms with E-state index in [1.165, 1.54) is 0 Å². The van der Waals surface area contributed by atoms with Gasteiger partial charge in [-0.05, 0) is 56.5 Å². The Balaban J connectivity index is 2.79. The molecule has 0 fully saturated rings. The average molecular weight is 366 g/mol. The van der Waals surface area contributed by atoms with Crippen LogP contribution in [0.4, 0.5) is 0 Å². The third kappa shape index (κ3) is 4.65. The third-order valence-corrected chi connectivity index (χ3v) is 3.02. The lowest BCUT2D eigenvalue weighted by Crippen LogP contribution is -2.11. The van der Waals surface area contributed by atoms with Crippen LogP contribution in [0.15, 0.2) is 26.2 Å². The van der Waals surface area contributed by atoms with Crippen LogP contribution in [-0.4, -0.2) is 31.1 Å². The van der Waals surface area contributed by atoms with Gasteiger partial charge in [0.15, 0.2) is 0 Å². The number of ether oxygens (including phenoxy) is 1. The summed E-state index contributed by atoms with van der Waals surface area (Å²) >= 11 is 6.89. The molecule has 0 aliphatic heterocycles. The van der Waals surface area contributed by atoms with Crippen LogP contribution in [0.2, 0.25) is 0 Å². The molecule has 2 N–H and O–H groups in total. The van der Waals surface area contributed by atoms with Gasteiger partial charge in [0, 0.05) is 0 Å². The molecule has 1 aromatic rings. The van der Waals surface area contributed by atoms with Gasteiger partial charge in [0.1, 0.15) is 5.75 Å². The maximum Gasteiger partial charge on any atom is 0.147 e. The van der Waals surface area contributed by atoms with Gasteiger partial charge in [0.25, 0.3) is 0 Å². The molecule has 0 aliphatic rings. The standard InChI is InChI=1S/C11H14Br2N2O2/c1-2-17-11-9(12)5-8(6-10(11)13)7-15-14-3-4-16/h5-7,14,16H,2-4H2,1H3/b15-7+. The first-order valence-corrected chi connectivity index (χ1v) is 6.76. The Morgan fingerprint density at radius 1 is 1.41 bits per heavy atom. The van der Waals surface area contributed by atoms with E-state index in [4.69, 9.17) is 9.84 Å². The molecule has 0 heterocycles.